The predicted octanol–water partition coefficient (Wildman–Crippen LogP) is 2.99. The Bertz CT molecular complexity index is 628. The Morgan fingerprint density at radius 1 is 1.14 bits per heavy atom. The first-order valence-electron chi connectivity index (χ1n) is 6.97. The van der Waals surface area contributed by atoms with Crippen molar-refractivity contribution in [3.05, 3.63) is 54.1 Å². The summed E-state index contributed by atoms with van der Waals surface area (Å²) < 4.78 is 0. The second-order valence-corrected chi connectivity index (χ2v) is 5.35. The topological polar surface area (TPSA) is 69.6 Å². The van der Waals surface area contributed by atoms with E-state index in [-0.39, 0.29) is 12.3 Å². The third kappa shape index (κ3) is 4.76. The first kappa shape index (κ1) is 16.3. The maximum Gasteiger partial charge on any atom is 0.307 e. The highest BCUT2D eigenvalue weighted by Gasteiger charge is 2.04. The lowest BCUT2D eigenvalue weighted by molar-refractivity contribution is -0.136. The molecule has 3 N–H and O–H groups in total. The maximum atomic E-state index is 10.7. The van der Waals surface area contributed by atoms with Crippen LogP contribution in [0.1, 0.15) is 5.56 Å². The van der Waals surface area contributed by atoms with Gasteiger partial charge in [0.2, 0.25) is 0 Å². The van der Waals surface area contributed by atoms with E-state index in [1.165, 1.54) is 0 Å². The Labute approximate surface area is 134 Å². The fraction of sp³-hybridized carbons (Fsp3) is 0.235. The highest BCUT2D eigenvalue weighted by Crippen LogP contribution is 2.23. The standard InChI is InChI=1S/C17H18ClNO3/c18-10-16(20)11-19-15-3-1-2-14(9-15)13-6-4-12(5-7-13)8-17(21)22/h1-7,9,16,19-20H,8,10-11H2,(H,21,22). The Morgan fingerprint density at radius 3 is 2.50 bits per heavy atom. The van der Waals surface area contributed by atoms with Crippen molar-refractivity contribution in [1.82, 2.24) is 0 Å². The number of rotatable bonds is 7. The highest BCUT2D eigenvalue weighted by atomic mass is 35.5. The molecule has 0 fully saturated rings. The van der Waals surface area contributed by atoms with Gasteiger partial charge in [-0.3, -0.25) is 4.79 Å². The number of carboxylic acids is 1. The monoisotopic (exact) mass is 319 g/mol. The lowest BCUT2D eigenvalue weighted by atomic mass is 10.0. The van der Waals surface area contributed by atoms with E-state index in [0.29, 0.717) is 6.54 Å². The van der Waals surface area contributed by atoms with Gasteiger partial charge in [-0.05, 0) is 28.8 Å². The zero-order valence-electron chi connectivity index (χ0n) is 12.0. The van der Waals surface area contributed by atoms with Crippen LogP contribution in [0.2, 0.25) is 0 Å². The van der Waals surface area contributed by atoms with Gasteiger partial charge in [0.1, 0.15) is 0 Å². The van der Waals surface area contributed by atoms with Crippen molar-refractivity contribution in [3.63, 3.8) is 0 Å². The second kappa shape index (κ2) is 7.82. The number of aliphatic carboxylic acids is 1. The molecule has 5 heteroatoms. The van der Waals surface area contributed by atoms with Gasteiger partial charge >= 0.3 is 5.97 Å². The third-order valence-corrected chi connectivity index (χ3v) is 3.58. The summed E-state index contributed by atoms with van der Waals surface area (Å²) in [5.41, 5.74) is 3.70. The number of hydrogen-bond acceptors (Lipinski definition) is 3. The van der Waals surface area contributed by atoms with Crippen molar-refractivity contribution in [2.75, 3.05) is 17.7 Å². The van der Waals surface area contributed by atoms with Crippen LogP contribution < -0.4 is 5.32 Å². The maximum absolute atomic E-state index is 10.7. The molecule has 0 aliphatic rings. The number of benzene rings is 2. The number of carbonyl (C=O) groups is 1. The molecule has 116 valence electrons. The molecular formula is C17H18ClNO3. The molecule has 0 spiro atoms. The van der Waals surface area contributed by atoms with E-state index in [2.05, 4.69) is 5.32 Å². The van der Waals surface area contributed by atoms with Crippen LogP contribution in [0.25, 0.3) is 11.1 Å². The normalized spacial score (nSPS) is 11.9. The Balaban J connectivity index is 2.10. The van der Waals surface area contributed by atoms with Crippen LogP contribution in [0.15, 0.2) is 48.5 Å². The smallest absolute Gasteiger partial charge is 0.307 e. The second-order valence-electron chi connectivity index (χ2n) is 5.04. The predicted molar refractivity (Wildman–Crippen MR) is 88.4 cm³/mol. The Morgan fingerprint density at radius 2 is 1.86 bits per heavy atom. The molecule has 0 aliphatic carbocycles. The fourth-order valence-corrected chi connectivity index (χ4v) is 2.20. The minimum Gasteiger partial charge on any atom is -0.481 e. The highest BCUT2D eigenvalue weighted by molar-refractivity contribution is 6.18. The first-order chi connectivity index (χ1) is 10.6. The average molecular weight is 320 g/mol. The summed E-state index contributed by atoms with van der Waals surface area (Å²) in [6, 6.07) is 15.3. The van der Waals surface area contributed by atoms with Gasteiger partial charge in [0.15, 0.2) is 0 Å². The van der Waals surface area contributed by atoms with Crippen LogP contribution in [-0.4, -0.2) is 34.7 Å². The summed E-state index contributed by atoms with van der Waals surface area (Å²) in [6.45, 7) is 0.393. The van der Waals surface area contributed by atoms with Gasteiger partial charge in [0.05, 0.1) is 18.4 Å². The molecule has 0 bridgehead atoms. The van der Waals surface area contributed by atoms with Crippen LogP contribution in [0.4, 0.5) is 5.69 Å². The molecule has 0 heterocycles. The van der Waals surface area contributed by atoms with E-state index in [1.807, 2.05) is 48.5 Å². The molecule has 22 heavy (non-hydrogen) atoms. The molecule has 0 aliphatic heterocycles. The van der Waals surface area contributed by atoms with E-state index >= 15 is 0 Å². The third-order valence-electron chi connectivity index (χ3n) is 3.23. The lowest BCUT2D eigenvalue weighted by Gasteiger charge is -2.11. The number of nitrogens with one attached hydrogen (secondary N) is 1. The number of aliphatic hydroxyl groups is 1. The van der Waals surface area contributed by atoms with Crippen molar-refractivity contribution in [3.8, 4) is 11.1 Å². The van der Waals surface area contributed by atoms with Crippen LogP contribution in [0.3, 0.4) is 0 Å². The van der Waals surface area contributed by atoms with Crippen molar-refractivity contribution in [2.45, 2.75) is 12.5 Å². The van der Waals surface area contributed by atoms with Crippen LogP contribution >= 0.6 is 11.6 Å². The zero-order valence-corrected chi connectivity index (χ0v) is 12.8. The van der Waals surface area contributed by atoms with E-state index < -0.39 is 12.1 Å². The SMILES string of the molecule is O=C(O)Cc1ccc(-c2cccc(NCC(O)CCl)c2)cc1. The number of alkyl halides is 1. The summed E-state index contributed by atoms with van der Waals surface area (Å²) in [5, 5.41) is 21.4. The van der Waals surface area contributed by atoms with E-state index in [4.69, 9.17) is 16.7 Å². The summed E-state index contributed by atoms with van der Waals surface area (Å²) in [4.78, 5) is 10.7. The largest absolute Gasteiger partial charge is 0.481 e. The molecule has 0 aromatic heterocycles. The number of halogens is 1. The summed E-state index contributed by atoms with van der Waals surface area (Å²) in [7, 11) is 0. The fourth-order valence-electron chi connectivity index (χ4n) is 2.09. The van der Waals surface area contributed by atoms with Crippen LogP contribution in [-0.2, 0) is 11.2 Å². The number of hydrogen-bond donors (Lipinski definition) is 3. The molecule has 2 rings (SSSR count). The lowest BCUT2D eigenvalue weighted by Crippen LogP contribution is -2.20. The van der Waals surface area contributed by atoms with E-state index in [0.717, 1.165) is 22.4 Å². The summed E-state index contributed by atoms with van der Waals surface area (Å²) >= 11 is 5.56. The molecule has 0 radical (unpaired) electrons. The summed E-state index contributed by atoms with van der Waals surface area (Å²) in [6.07, 6.45) is -0.557. The zero-order chi connectivity index (χ0) is 15.9. The Hall–Kier alpha value is -2.04. The quantitative estimate of drug-likeness (QED) is 0.686. The molecule has 1 atom stereocenters. The molecule has 0 saturated carbocycles. The van der Waals surface area contributed by atoms with Crippen LogP contribution in [0, 0.1) is 0 Å². The van der Waals surface area contributed by atoms with Crippen molar-refractivity contribution in [1.29, 1.82) is 0 Å². The molecule has 1 unspecified atom stereocenters. The molecule has 4 nitrogen and oxygen atoms in total. The van der Waals surface area contributed by atoms with Gasteiger partial charge in [0, 0.05) is 12.2 Å². The molecular weight excluding hydrogens is 302 g/mol. The molecule has 0 amide bonds. The van der Waals surface area contributed by atoms with Crippen molar-refractivity contribution < 1.29 is 15.0 Å². The van der Waals surface area contributed by atoms with Gasteiger partial charge in [-0.1, -0.05) is 36.4 Å². The first-order valence-corrected chi connectivity index (χ1v) is 7.51. The number of aliphatic hydroxyl groups excluding tert-OH is 1. The van der Waals surface area contributed by atoms with Gasteiger partial charge in [0.25, 0.3) is 0 Å². The minimum absolute atomic E-state index is 0.0260. The van der Waals surface area contributed by atoms with Gasteiger partial charge in [-0.15, -0.1) is 11.6 Å². The van der Waals surface area contributed by atoms with Gasteiger partial charge < -0.3 is 15.5 Å². The van der Waals surface area contributed by atoms with Crippen LogP contribution in [0.5, 0.6) is 0 Å². The summed E-state index contributed by atoms with van der Waals surface area (Å²) in [5.74, 6) is -0.644. The Kier molecular flexibility index (Phi) is 5.81. The van der Waals surface area contributed by atoms with Gasteiger partial charge in [-0.25, -0.2) is 0 Å². The average Bonchev–Trinajstić information content (AvgIpc) is 2.53. The minimum atomic E-state index is -0.836. The number of carboxylic acid groups (broad SMARTS) is 1. The molecule has 0 saturated heterocycles. The van der Waals surface area contributed by atoms with Crippen molar-refractivity contribution in [2.24, 2.45) is 0 Å². The number of anilines is 1. The van der Waals surface area contributed by atoms with Crippen molar-refractivity contribution >= 4 is 23.3 Å². The van der Waals surface area contributed by atoms with E-state index in [9.17, 15) is 9.90 Å². The van der Waals surface area contributed by atoms with E-state index in [1.54, 1.807) is 0 Å². The molecule has 2 aromatic rings. The molecule has 2 aromatic carbocycles. The van der Waals surface area contributed by atoms with Gasteiger partial charge in [-0.2, -0.15) is 0 Å².